The molecule has 0 aromatic heterocycles. The first kappa shape index (κ1) is 16.3. The van der Waals surface area contributed by atoms with Crippen LogP contribution in [0, 0.1) is 0 Å². The van der Waals surface area contributed by atoms with Gasteiger partial charge in [0.2, 0.25) is 0 Å². The van der Waals surface area contributed by atoms with Crippen LogP contribution in [-0.2, 0) is 0 Å². The molecule has 0 aliphatic rings. The molecule has 0 heterocycles. The van der Waals surface area contributed by atoms with Crippen LogP contribution in [0.4, 0.5) is 0 Å². The Hall–Kier alpha value is -0.430. The maximum Gasteiger partial charge on any atom is 0.00399 e. The van der Waals surface area contributed by atoms with Crippen molar-refractivity contribution in [1.82, 2.24) is 0 Å². The maximum absolute atomic E-state index is 4.08. The van der Waals surface area contributed by atoms with Crippen molar-refractivity contribution in [1.29, 1.82) is 0 Å². The fraction of sp³-hybridized carbons (Fsp3) is 0.333. The average molecular weight is 158 g/mol. The Bertz CT molecular complexity index is 135. The van der Waals surface area contributed by atoms with Crippen molar-refractivity contribution in [3.05, 3.63) is 30.3 Å². The van der Waals surface area contributed by atoms with Crippen LogP contribution in [0.5, 0.6) is 0 Å². The molecule has 10 heavy (non-hydrogen) atoms. The molecule has 1 heteroatoms. The molecule has 60 valence electrons. The summed E-state index contributed by atoms with van der Waals surface area (Å²) in [4.78, 5) is 1.02. The Morgan fingerprint density at radius 1 is 0.800 bits per heavy atom. The number of thiol groups is 1. The number of rotatable bonds is 0. The van der Waals surface area contributed by atoms with E-state index in [0.29, 0.717) is 0 Å². The largest absolute Gasteiger partial charge is 0.143 e. The molecule has 1 aromatic rings. The first-order valence-corrected chi connectivity index (χ1v) is 2.58. The first-order chi connectivity index (χ1) is 3.39. The van der Waals surface area contributed by atoms with E-state index in [9.17, 15) is 0 Å². The minimum Gasteiger partial charge on any atom is -0.143 e. The van der Waals surface area contributed by atoms with E-state index in [2.05, 4.69) is 12.6 Å². The zero-order valence-corrected chi connectivity index (χ0v) is 4.73. The van der Waals surface area contributed by atoms with Gasteiger partial charge >= 0.3 is 0 Å². The van der Waals surface area contributed by atoms with Gasteiger partial charge in [-0.2, -0.15) is 0 Å². The van der Waals surface area contributed by atoms with E-state index in [1.807, 2.05) is 30.3 Å². The number of benzene rings is 1. The second-order valence-electron chi connectivity index (χ2n) is 1.34. The van der Waals surface area contributed by atoms with E-state index < -0.39 is 0 Å². The fourth-order valence-corrected chi connectivity index (χ4v) is 0.600. The molecule has 1 rings (SSSR count). The molecule has 1 aromatic carbocycles. The molecule has 0 aliphatic carbocycles. The van der Waals surface area contributed by atoms with Gasteiger partial charge in [-0.15, -0.1) is 12.6 Å². The Kier molecular flexibility index (Phi) is 14.0. The molecule has 0 saturated heterocycles. The smallest absolute Gasteiger partial charge is 0.00399 e. The third-order valence-electron chi connectivity index (χ3n) is 0.756. The van der Waals surface area contributed by atoms with Crippen LogP contribution in [0.15, 0.2) is 35.2 Å². The Balaban J connectivity index is -0.000000163. The van der Waals surface area contributed by atoms with Gasteiger partial charge < -0.3 is 0 Å². The molecular weight excluding hydrogens is 140 g/mol. The highest BCUT2D eigenvalue weighted by Gasteiger charge is 1.73. The second kappa shape index (κ2) is 8.57. The van der Waals surface area contributed by atoms with Crippen LogP contribution in [0.1, 0.15) is 22.3 Å². The molecule has 0 nitrogen and oxygen atoms in total. The molecule has 0 atom stereocenters. The van der Waals surface area contributed by atoms with Crippen molar-refractivity contribution in [3.8, 4) is 0 Å². The molecule has 0 bridgehead atoms. The Morgan fingerprint density at radius 3 is 1.40 bits per heavy atom. The van der Waals surface area contributed by atoms with Gasteiger partial charge in [0.05, 0.1) is 0 Å². The van der Waals surface area contributed by atoms with Crippen LogP contribution < -0.4 is 0 Å². The minimum absolute atomic E-state index is 0. The first-order valence-electron chi connectivity index (χ1n) is 2.13. The lowest BCUT2D eigenvalue weighted by Gasteiger charge is -1.81. The summed E-state index contributed by atoms with van der Waals surface area (Å²) >= 11 is 4.08. The quantitative estimate of drug-likeness (QED) is 0.544. The topological polar surface area (TPSA) is 0 Å². The lowest BCUT2D eigenvalue weighted by molar-refractivity contribution is 1.48. The average Bonchev–Trinajstić information content (AvgIpc) is 1.69. The van der Waals surface area contributed by atoms with Crippen molar-refractivity contribution in [2.75, 3.05) is 0 Å². The van der Waals surface area contributed by atoms with Gasteiger partial charge in [0.25, 0.3) is 0 Å². The van der Waals surface area contributed by atoms with E-state index in [0.717, 1.165) is 4.90 Å². The van der Waals surface area contributed by atoms with Crippen molar-refractivity contribution in [3.63, 3.8) is 0 Å². The standard InChI is InChI=1S/C6H6S.3CH4/c7-6-4-2-1-3-5-6;;;/h1-5,7H;3*1H4. The summed E-state index contributed by atoms with van der Waals surface area (Å²) in [5, 5.41) is 0. The van der Waals surface area contributed by atoms with E-state index in [1.165, 1.54) is 0 Å². The van der Waals surface area contributed by atoms with E-state index in [-0.39, 0.29) is 22.3 Å². The summed E-state index contributed by atoms with van der Waals surface area (Å²) in [5.41, 5.74) is 0. The highest BCUT2D eigenvalue weighted by molar-refractivity contribution is 7.80. The van der Waals surface area contributed by atoms with E-state index in [4.69, 9.17) is 0 Å². The third-order valence-corrected chi connectivity index (χ3v) is 1.05. The van der Waals surface area contributed by atoms with Gasteiger partial charge in [-0.25, -0.2) is 0 Å². The monoisotopic (exact) mass is 158 g/mol. The zero-order valence-electron chi connectivity index (χ0n) is 3.83. The molecule has 0 N–H and O–H groups in total. The molecular formula is C9H18S. The van der Waals surface area contributed by atoms with Gasteiger partial charge in [0.15, 0.2) is 0 Å². The number of hydrogen-bond donors (Lipinski definition) is 1. The molecule has 0 saturated carbocycles. The normalized spacial score (nSPS) is 6.10. The second-order valence-corrected chi connectivity index (χ2v) is 1.85. The summed E-state index contributed by atoms with van der Waals surface area (Å²) in [5.74, 6) is 0. The van der Waals surface area contributed by atoms with Crippen molar-refractivity contribution < 1.29 is 0 Å². The van der Waals surface area contributed by atoms with Crippen LogP contribution in [0.3, 0.4) is 0 Å². The maximum atomic E-state index is 4.08. The Labute approximate surface area is 70.7 Å². The van der Waals surface area contributed by atoms with E-state index >= 15 is 0 Å². The third kappa shape index (κ3) is 5.70. The summed E-state index contributed by atoms with van der Waals surface area (Å²) in [6.07, 6.45) is 0. The lowest BCUT2D eigenvalue weighted by Crippen LogP contribution is -1.56. The molecule has 0 amide bonds. The predicted molar refractivity (Wildman–Crippen MR) is 53.9 cm³/mol. The van der Waals surface area contributed by atoms with E-state index in [1.54, 1.807) is 0 Å². The van der Waals surface area contributed by atoms with Crippen LogP contribution in [0.25, 0.3) is 0 Å². The van der Waals surface area contributed by atoms with Gasteiger partial charge in [-0.1, -0.05) is 40.5 Å². The fourth-order valence-electron chi connectivity index (χ4n) is 0.428. The summed E-state index contributed by atoms with van der Waals surface area (Å²) < 4.78 is 0. The zero-order chi connectivity index (χ0) is 5.11. The van der Waals surface area contributed by atoms with Crippen LogP contribution >= 0.6 is 12.6 Å². The summed E-state index contributed by atoms with van der Waals surface area (Å²) in [6, 6.07) is 9.79. The molecule has 0 unspecified atom stereocenters. The Morgan fingerprint density at radius 2 is 1.20 bits per heavy atom. The SMILES string of the molecule is C.C.C.Sc1ccccc1. The highest BCUT2D eigenvalue weighted by Crippen LogP contribution is 2.00. The van der Waals surface area contributed by atoms with Crippen molar-refractivity contribution in [2.45, 2.75) is 27.2 Å². The number of hydrogen-bond acceptors (Lipinski definition) is 1. The van der Waals surface area contributed by atoms with Gasteiger partial charge in [0.1, 0.15) is 0 Å². The molecule has 0 fully saturated rings. The lowest BCUT2D eigenvalue weighted by atomic mass is 10.4. The van der Waals surface area contributed by atoms with Crippen LogP contribution in [-0.4, -0.2) is 0 Å². The summed E-state index contributed by atoms with van der Waals surface area (Å²) in [7, 11) is 0. The van der Waals surface area contributed by atoms with Crippen molar-refractivity contribution >= 4 is 12.6 Å². The molecule has 0 radical (unpaired) electrons. The van der Waals surface area contributed by atoms with Gasteiger partial charge in [-0.3, -0.25) is 0 Å². The van der Waals surface area contributed by atoms with Gasteiger partial charge in [0, 0.05) is 4.90 Å². The molecule has 0 spiro atoms. The minimum atomic E-state index is 0. The van der Waals surface area contributed by atoms with Crippen molar-refractivity contribution in [2.24, 2.45) is 0 Å². The van der Waals surface area contributed by atoms with Gasteiger partial charge in [-0.05, 0) is 12.1 Å². The van der Waals surface area contributed by atoms with Crippen LogP contribution in [0.2, 0.25) is 0 Å². The predicted octanol–water partition coefficient (Wildman–Crippen LogP) is 3.88. The summed E-state index contributed by atoms with van der Waals surface area (Å²) in [6.45, 7) is 0. The highest BCUT2D eigenvalue weighted by atomic mass is 32.1. The molecule has 0 aliphatic heterocycles.